The highest BCUT2D eigenvalue weighted by Crippen LogP contribution is 2.32. The molecular weight excluding hydrogens is 384 g/mol. The Labute approximate surface area is 180 Å². The molecule has 31 heavy (non-hydrogen) atoms. The van der Waals surface area contributed by atoms with E-state index in [2.05, 4.69) is 48.4 Å². The van der Waals surface area contributed by atoms with E-state index in [1.807, 2.05) is 41.2 Å². The molecule has 0 bridgehead atoms. The van der Waals surface area contributed by atoms with E-state index in [4.69, 9.17) is 0 Å². The van der Waals surface area contributed by atoms with Crippen molar-refractivity contribution >= 4 is 11.6 Å². The fourth-order valence-corrected chi connectivity index (χ4v) is 4.13. The van der Waals surface area contributed by atoms with Gasteiger partial charge in [-0.05, 0) is 72.0 Å². The van der Waals surface area contributed by atoms with Gasteiger partial charge in [-0.3, -0.25) is 4.79 Å². The number of hydrogen-bond donors (Lipinski definition) is 0. The molecule has 0 spiro atoms. The van der Waals surface area contributed by atoms with Crippen molar-refractivity contribution in [2.75, 3.05) is 4.90 Å². The van der Waals surface area contributed by atoms with Crippen LogP contribution in [0.3, 0.4) is 0 Å². The zero-order chi connectivity index (χ0) is 21.4. The van der Waals surface area contributed by atoms with Crippen LogP contribution in [0.15, 0.2) is 79.1 Å². The van der Waals surface area contributed by atoms with E-state index in [9.17, 15) is 10.1 Å². The number of carbonyl (C=O) groups excluding carboxylic acids is 1. The van der Waals surface area contributed by atoms with Crippen molar-refractivity contribution in [2.45, 2.75) is 19.9 Å². The van der Waals surface area contributed by atoms with Crippen LogP contribution in [0.4, 0.5) is 5.69 Å². The number of benzene rings is 3. The smallest absolute Gasteiger partial charge is 0.258 e. The van der Waals surface area contributed by atoms with Crippen molar-refractivity contribution < 1.29 is 4.79 Å². The van der Waals surface area contributed by atoms with Crippen LogP contribution in [0.25, 0.3) is 5.69 Å². The second-order valence-corrected chi connectivity index (χ2v) is 7.75. The molecule has 0 saturated heterocycles. The number of nitrogens with zero attached hydrogens (tertiary/aromatic N) is 4. The first-order valence-corrected chi connectivity index (χ1v) is 10.2. The Morgan fingerprint density at radius 3 is 2.61 bits per heavy atom. The van der Waals surface area contributed by atoms with Crippen molar-refractivity contribution in [3.63, 3.8) is 0 Å². The highest BCUT2D eigenvalue weighted by Gasteiger charge is 2.30. The molecule has 0 fully saturated rings. The second kappa shape index (κ2) is 7.58. The molecule has 1 amide bonds. The molecule has 5 heteroatoms. The first-order valence-electron chi connectivity index (χ1n) is 10.2. The van der Waals surface area contributed by atoms with Gasteiger partial charge in [0.15, 0.2) is 0 Å². The predicted molar refractivity (Wildman–Crippen MR) is 119 cm³/mol. The molecule has 2 heterocycles. The number of rotatable bonds is 4. The first-order chi connectivity index (χ1) is 15.1. The molecule has 0 N–H and O–H groups in total. The van der Waals surface area contributed by atoms with Crippen molar-refractivity contribution in [3.8, 4) is 11.8 Å². The van der Waals surface area contributed by atoms with Crippen molar-refractivity contribution in [2.24, 2.45) is 0 Å². The third-order valence-corrected chi connectivity index (χ3v) is 5.78. The largest absolute Gasteiger partial charge is 0.303 e. The quantitative estimate of drug-likeness (QED) is 0.491. The molecule has 1 aliphatic rings. The highest BCUT2D eigenvalue weighted by molar-refractivity contribution is 6.10. The lowest BCUT2D eigenvalue weighted by Crippen LogP contribution is -2.23. The van der Waals surface area contributed by atoms with Crippen LogP contribution in [0, 0.1) is 18.3 Å². The maximum absolute atomic E-state index is 13.2. The summed E-state index contributed by atoms with van der Waals surface area (Å²) in [6, 6.07) is 23.8. The minimum Gasteiger partial charge on any atom is -0.303 e. The Morgan fingerprint density at radius 2 is 1.87 bits per heavy atom. The summed E-state index contributed by atoms with van der Waals surface area (Å²) in [7, 11) is 0. The molecule has 1 aromatic heterocycles. The maximum atomic E-state index is 13.2. The third kappa shape index (κ3) is 3.38. The summed E-state index contributed by atoms with van der Waals surface area (Å²) >= 11 is 0. The lowest BCUT2D eigenvalue weighted by Gasteiger charge is -2.16. The Balaban J connectivity index is 1.42. The maximum Gasteiger partial charge on any atom is 0.258 e. The molecule has 5 rings (SSSR count). The standard InChI is InChI=1S/C26H20N4O/c1-18-13-22-17-29(25-6-3-2-5-20(25)16-27)26(31)24(22)15-21(18)14-19-7-9-23(10-8-19)30-12-4-11-28-30/h2-13,15H,14,17H2,1H3. The van der Waals surface area contributed by atoms with Crippen molar-refractivity contribution in [1.82, 2.24) is 9.78 Å². The topological polar surface area (TPSA) is 61.9 Å². The van der Waals surface area contributed by atoms with Gasteiger partial charge in [-0.2, -0.15) is 10.4 Å². The summed E-state index contributed by atoms with van der Waals surface area (Å²) in [5.41, 5.74) is 7.40. The van der Waals surface area contributed by atoms with Crippen molar-refractivity contribution in [3.05, 3.63) is 113 Å². The number of hydrogen-bond acceptors (Lipinski definition) is 3. The SMILES string of the molecule is Cc1cc2c(cc1Cc1ccc(-n3cccn3)cc1)C(=O)N(c1ccccc1C#N)C2. The summed E-state index contributed by atoms with van der Waals surface area (Å²) in [5.74, 6) is -0.0482. The Kier molecular flexibility index (Phi) is 4.61. The highest BCUT2D eigenvalue weighted by atomic mass is 16.2. The number of fused-ring (bicyclic) bond motifs is 1. The van der Waals surface area contributed by atoms with Gasteiger partial charge >= 0.3 is 0 Å². The first kappa shape index (κ1) is 18.8. The second-order valence-electron chi connectivity index (χ2n) is 7.75. The van der Waals surface area contributed by atoms with Crippen LogP contribution in [-0.2, 0) is 13.0 Å². The van der Waals surface area contributed by atoms with E-state index in [1.54, 1.807) is 17.2 Å². The number of anilines is 1. The normalized spacial score (nSPS) is 12.6. The number of amides is 1. The van der Waals surface area contributed by atoms with E-state index in [0.29, 0.717) is 17.8 Å². The van der Waals surface area contributed by atoms with Crippen LogP contribution in [0.2, 0.25) is 0 Å². The van der Waals surface area contributed by atoms with Crippen LogP contribution < -0.4 is 4.90 Å². The zero-order valence-electron chi connectivity index (χ0n) is 17.1. The zero-order valence-corrected chi connectivity index (χ0v) is 17.1. The molecule has 3 aromatic carbocycles. The average Bonchev–Trinajstić information content (AvgIpc) is 3.43. The van der Waals surface area contributed by atoms with E-state index in [-0.39, 0.29) is 5.91 Å². The van der Waals surface area contributed by atoms with Crippen LogP contribution in [0.5, 0.6) is 0 Å². The lowest BCUT2D eigenvalue weighted by molar-refractivity contribution is 0.0996. The predicted octanol–water partition coefficient (Wildman–Crippen LogP) is 4.80. The Hall–Kier alpha value is -4.17. The van der Waals surface area contributed by atoms with Gasteiger partial charge in [0.25, 0.3) is 5.91 Å². The minimum atomic E-state index is -0.0482. The molecule has 1 aliphatic heterocycles. The summed E-state index contributed by atoms with van der Waals surface area (Å²) in [4.78, 5) is 14.9. The van der Waals surface area contributed by atoms with Gasteiger partial charge in [-0.1, -0.05) is 30.3 Å². The number of para-hydroxylation sites is 1. The molecule has 150 valence electrons. The molecule has 5 nitrogen and oxygen atoms in total. The summed E-state index contributed by atoms with van der Waals surface area (Å²) < 4.78 is 1.83. The number of aromatic nitrogens is 2. The third-order valence-electron chi connectivity index (χ3n) is 5.78. The van der Waals surface area contributed by atoms with Gasteiger partial charge in [-0.25, -0.2) is 4.68 Å². The van der Waals surface area contributed by atoms with Gasteiger partial charge in [-0.15, -0.1) is 0 Å². The fraction of sp³-hybridized carbons (Fsp3) is 0.115. The molecule has 0 saturated carbocycles. The Morgan fingerprint density at radius 1 is 1.06 bits per heavy atom. The Bertz CT molecular complexity index is 1310. The van der Waals surface area contributed by atoms with Crippen LogP contribution >= 0.6 is 0 Å². The van der Waals surface area contributed by atoms with Crippen molar-refractivity contribution in [1.29, 1.82) is 5.26 Å². The molecule has 4 aromatic rings. The number of carbonyl (C=O) groups is 1. The molecule has 0 aliphatic carbocycles. The lowest BCUT2D eigenvalue weighted by atomic mass is 9.95. The summed E-state index contributed by atoms with van der Waals surface area (Å²) in [6.45, 7) is 2.58. The summed E-state index contributed by atoms with van der Waals surface area (Å²) in [5, 5.41) is 13.7. The van der Waals surface area contributed by atoms with Gasteiger partial charge < -0.3 is 4.90 Å². The van der Waals surface area contributed by atoms with E-state index >= 15 is 0 Å². The van der Waals surface area contributed by atoms with Gasteiger partial charge in [0.05, 0.1) is 23.5 Å². The fourth-order valence-electron chi connectivity index (χ4n) is 4.13. The molecular formula is C26H20N4O. The van der Waals surface area contributed by atoms with E-state index < -0.39 is 0 Å². The molecule has 0 unspecified atom stereocenters. The molecule has 0 radical (unpaired) electrons. The number of aryl methyl sites for hydroxylation is 1. The minimum absolute atomic E-state index is 0.0482. The van der Waals surface area contributed by atoms with Gasteiger partial charge in [0, 0.05) is 18.0 Å². The van der Waals surface area contributed by atoms with Gasteiger partial charge in [0.1, 0.15) is 6.07 Å². The number of nitriles is 1. The monoisotopic (exact) mass is 404 g/mol. The van der Waals surface area contributed by atoms with E-state index in [1.165, 1.54) is 5.56 Å². The van der Waals surface area contributed by atoms with Gasteiger partial charge in [0.2, 0.25) is 0 Å². The summed E-state index contributed by atoms with van der Waals surface area (Å²) in [6.07, 6.45) is 4.43. The molecule has 0 atom stereocenters. The van der Waals surface area contributed by atoms with Crippen LogP contribution in [-0.4, -0.2) is 15.7 Å². The average molecular weight is 404 g/mol. The van der Waals surface area contributed by atoms with E-state index in [0.717, 1.165) is 34.4 Å². The van der Waals surface area contributed by atoms with Crippen LogP contribution in [0.1, 0.15) is 38.2 Å².